The monoisotopic (exact) mass is 223 g/mol. The van der Waals surface area contributed by atoms with E-state index in [1.807, 2.05) is 5.01 Å². The third-order valence-electron chi connectivity index (χ3n) is 3.93. The molecule has 16 heavy (non-hydrogen) atoms. The molecule has 0 aromatic rings. The van der Waals surface area contributed by atoms with E-state index in [1.165, 1.54) is 32.1 Å². The molecule has 0 bridgehead atoms. The molecule has 2 heterocycles. The Labute approximate surface area is 96.9 Å². The Bertz CT molecular complexity index is 271. The Kier molecular flexibility index (Phi) is 2.86. The van der Waals surface area contributed by atoms with Crippen molar-refractivity contribution in [3.8, 4) is 0 Å². The lowest BCUT2D eigenvalue weighted by atomic mass is 10.1. The van der Waals surface area contributed by atoms with Crippen LogP contribution in [0, 0.1) is 0 Å². The molecule has 2 aliphatic heterocycles. The van der Waals surface area contributed by atoms with Crippen molar-refractivity contribution in [1.29, 1.82) is 0 Å². The van der Waals surface area contributed by atoms with E-state index in [2.05, 4.69) is 10.3 Å². The topological polar surface area (TPSA) is 35.6 Å². The number of hydrogen-bond acceptors (Lipinski definition) is 3. The van der Waals surface area contributed by atoms with Crippen LogP contribution < -0.4 is 5.32 Å². The van der Waals surface area contributed by atoms with Gasteiger partial charge in [0.15, 0.2) is 0 Å². The van der Waals surface area contributed by atoms with Gasteiger partial charge in [-0.05, 0) is 32.2 Å². The summed E-state index contributed by atoms with van der Waals surface area (Å²) in [6, 6.07) is 1.20. The molecule has 2 saturated heterocycles. The van der Waals surface area contributed by atoms with Gasteiger partial charge in [-0.1, -0.05) is 6.42 Å². The van der Waals surface area contributed by atoms with Gasteiger partial charge in [-0.2, -0.15) is 0 Å². The van der Waals surface area contributed by atoms with Crippen molar-refractivity contribution in [2.45, 2.75) is 50.6 Å². The van der Waals surface area contributed by atoms with Crippen LogP contribution in [0.3, 0.4) is 0 Å². The molecule has 1 amide bonds. The molecular formula is C12H21N3O. The summed E-state index contributed by atoms with van der Waals surface area (Å²) in [4.78, 5) is 11.8. The van der Waals surface area contributed by atoms with Gasteiger partial charge in [-0.15, -0.1) is 0 Å². The van der Waals surface area contributed by atoms with Crippen LogP contribution in [0.2, 0.25) is 0 Å². The summed E-state index contributed by atoms with van der Waals surface area (Å²) >= 11 is 0. The summed E-state index contributed by atoms with van der Waals surface area (Å²) in [7, 11) is 0. The van der Waals surface area contributed by atoms with Crippen molar-refractivity contribution in [2.24, 2.45) is 0 Å². The average Bonchev–Trinajstić information content (AvgIpc) is 3.08. The Morgan fingerprint density at radius 3 is 2.81 bits per heavy atom. The average molecular weight is 223 g/mol. The van der Waals surface area contributed by atoms with Gasteiger partial charge in [0.2, 0.25) is 5.91 Å². The molecule has 3 rings (SSSR count). The molecule has 1 unspecified atom stereocenters. The normalized spacial score (nSPS) is 32.4. The van der Waals surface area contributed by atoms with E-state index in [1.54, 1.807) is 0 Å². The van der Waals surface area contributed by atoms with Crippen molar-refractivity contribution in [1.82, 2.24) is 15.3 Å². The Morgan fingerprint density at radius 2 is 2.12 bits per heavy atom. The highest BCUT2D eigenvalue weighted by Crippen LogP contribution is 2.31. The maximum Gasteiger partial charge on any atom is 0.238 e. The second-order valence-corrected chi connectivity index (χ2v) is 5.27. The number of hydrogen-bond donors (Lipinski definition) is 1. The third kappa shape index (κ3) is 2.09. The van der Waals surface area contributed by atoms with Crippen molar-refractivity contribution >= 4 is 5.91 Å². The number of carbonyl (C=O) groups is 1. The first kappa shape index (κ1) is 10.5. The van der Waals surface area contributed by atoms with Crippen molar-refractivity contribution in [3.63, 3.8) is 0 Å². The minimum absolute atomic E-state index is 0.333. The summed E-state index contributed by atoms with van der Waals surface area (Å²) in [5.74, 6) is 0.333. The highest BCUT2D eigenvalue weighted by molar-refractivity contribution is 5.77. The first-order valence-electron chi connectivity index (χ1n) is 6.65. The smallest absolute Gasteiger partial charge is 0.238 e. The van der Waals surface area contributed by atoms with Gasteiger partial charge >= 0.3 is 0 Å². The lowest BCUT2D eigenvalue weighted by Gasteiger charge is -2.33. The first-order valence-corrected chi connectivity index (χ1v) is 6.65. The second-order valence-electron chi connectivity index (χ2n) is 5.27. The van der Waals surface area contributed by atoms with Crippen LogP contribution in [0.1, 0.15) is 38.5 Å². The molecule has 0 radical (unpaired) electrons. The molecule has 3 aliphatic rings. The molecule has 1 N–H and O–H groups in total. The van der Waals surface area contributed by atoms with Crippen molar-refractivity contribution in [2.75, 3.05) is 19.6 Å². The number of nitrogens with zero attached hydrogens (tertiary/aromatic N) is 2. The quantitative estimate of drug-likeness (QED) is 0.766. The maximum atomic E-state index is 11.8. The molecule has 4 heteroatoms. The summed E-state index contributed by atoms with van der Waals surface area (Å²) < 4.78 is 0. The zero-order valence-corrected chi connectivity index (χ0v) is 9.82. The number of amides is 1. The molecule has 90 valence electrons. The number of rotatable bonds is 3. The summed E-state index contributed by atoms with van der Waals surface area (Å²) in [6.07, 6.45) is 7.11. The molecule has 1 saturated carbocycles. The molecule has 0 aromatic carbocycles. The fourth-order valence-electron chi connectivity index (χ4n) is 2.85. The van der Waals surface area contributed by atoms with Gasteiger partial charge in [-0.3, -0.25) is 9.80 Å². The molecule has 1 atom stereocenters. The lowest BCUT2D eigenvalue weighted by Crippen LogP contribution is -2.49. The Morgan fingerprint density at radius 1 is 1.25 bits per heavy atom. The fourth-order valence-corrected chi connectivity index (χ4v) is 2.85. The molecule has 0 aromatic heterocycles. The largest absolute Gasteiger partial charge is 0.312 e. The molecule has 1 aliphatic carbocycles. The summed E-state index contributed by atoms with van der Waals surface area (Å²) in [6.45, 7) is 2.97. The second kappa shape index (κ2) is 4.34. The van der Waals surface area contributed by atoms with Crippen molar-refractivity contribution < 1.29 is 4.79 Å². The predicted molar refractivity (Wildman–Crippen MR) is 61.7 cm³/mol. The number of carbonyl (C=O) groups excluding carboxylic acids is 1. The van der Waals surface area contributed by atoms with Gasteiger partial charge in [0.25, 0.3) is 0 Å². The van der Waals surface area contributed by atoms with Crippen LogP contribution in [0.4, 0.5) is 0 Å². The Hall–Kier alpha value is -0.610. The van der Waals surface area contributed by atoms with Gasteiger partial charge in [-0.25, -0.2) is 5.01 Å². The van der Waals surface area contributed by atoms with Crippen LogP contribution in [0.5, 0.6) is 0 Å². The van der Waals surface area contributed by atoms with Crippen LogP contribution >= 0.6 is 0 Å². The standard InChI is InChI=1S/C12H21N3O/c16-12-6-8-14(11-4-5-11)15(12)9-10-3-1-2-7-13-10/h10-11,13H,1-9H2. The Balaban J connectivity index is 1.60. The lowest BCUT2D eigenvalue weighted by molar-refractivity contribution is -0.139. The number of nitrogens with one attached hydrogen (secondary N) is 1. The SMILES string of the molecule is O=C1CCN(C2CC2)N1CC1CCCCN1. The predicted octanol–water partition coefficient (Wildman–Crippen LogP) is 0.740. The molecule has 0 spiro atoms. The molecule has 4 nitrogen and oxygen atoms in total. The van der Waals surface area contributed by atoms with E-state index >= 15 is 0 Å². The van der Waals surface area contributed by atoms with Crippen LogP contribution in [0.15, 0.2) is 0 Å². The van der Waals surface area contributed by atoms with Gasteiger partial charge in [0, 0.05) is 25.0 Å². The van der Waals surface area contributed by atoms with Gasteiger partial charge < -0.3 is 5.32 Å². The van der Waals surface area contributed by atoms with Crippen LogP contribution in [-0.4, -0.2) is 47.6 Å². The molecule has 3 fully saturated rings. The fraction of sp³-hybridized carbons (Fsp3) is 0.917. The van der Waals surface area contributed by atoms with Gasteiger partial charge in [0.05, 0.1) is 6.54 Å². The maximum absolute atomic E-state index is 11.8. The van der Waals surface area contributed by atoms with Crippen molar-refractivity contribution in [3.05, 3.63) is 0 Å². The zero-order chi connectivity index (χ0) is 11.0. The van der Waals surface area contributed by atoms with E-state index < -0.39 is 0 Å². The summed E-state index contributed by atoms with van der Waals surface area (Å²) in [5, 5.41) is 7.87. The highest BCUT2D eigenvalue weighted by Gasteiger charge is 2.40. The van der Waals surface area contributed by atoms with E-state index in [-0.39, 0.29) is 0 Å². The van der Waals surface area contributed by atoms with Gasteiger partial charge in [0.1, 0.15) is 0 Å². The summed E-state index contributed by atoms with van der Waals surface area (Å²) in [5.41, 5.74) is 0. The number of hydrazine groups is 1. The number of piperidine rings is 1. The highest BCUT2D eigenvalue weighted by atomic mass is 16.2. The van der Waals surface area contributed by atoms with Crippen LogP contribution in [0.25, 0.3) is 0 Å². The van der Waals surface area contributed by atoms with E-state index in [9.17, 15) is 4.79 Å². The molecular weight excluding hydrogens is 202 g/mol. The van der Waals surface area contributed by atoms with E-state index in [0.717, 1.165) is 26.1 Å². The minimum atomic E-state index is 0.333. The third-order valence-corrected chi connectivity index (χ3v) is 3.93. The van der Waals surface area contributed by atoms with E-state index in [4.69, 9.17) is 0 Å². The first-order chi connectivity index (χ1) is 7.84. The van der Waals surface area contributed by atoms with Crippen LogP contribution in [-0.2, 0) is 4.79 Å². The zero-order valence-electron chi connectivity index (χ0n) is 9.82. The van der Waals surface area contributed by atoms with E-state index in [0.29, 0.717) is 18.0 Å². The minimum Gasteiger partial charge on any atom is -0.312 e.